The predicted octanol–water partition coefficient (Wildman–Crippen LogP) is 2.02. The molecule has 1 N–H and O–H groups in total. The standard InChI is InChI=1S/C13H26N2O/c1-4-5-13(16)14-12-8-6-11(7-9-12)10-15(2)3/h11-12H,4-10H2,1-3H3,(H,14,16). The van der Waals surface area contributed by atoms with Crippen LogP contribution in [0.1, 0.15) is 45.4 Å². The summed E-state index contributed by atoms with van der Waals surface area (Å²) in [5.74, 6) is 1.06. The van der Waals surface area contributed by atoms with Crippen LogP contribution in [-0.4, -0.2) is 37.5 Å². The molecule has 1 saturated carbocycles. The smallest absolute Gasteiger partial charge is 0.220 e. The van der Waals surface area contributed by atoms with Gasteiger partial charge < -0.3 is 10.2 Å². The summed E-state index contributed by atoms with van der Waals surface area (Å²) >= 11 is 0. The fraction of sp³-hybridized carbons (Fsp3) is 0.923. The molecule has 0 aliphatic heterocycles. The second-order valence-electron chi connectivity index (χ2n) is 5.30. The van der Waals surface area contributed by atoms with Crippen molar-refractivity contribution < 1.29 is 4.79 Å². The van der Waals surface area contributed by atoms with Gasteiger partial charge in [-0.05, 0) is 52.1 Å². The highest BCUT2D eigenvalue weighted by atomic mass is 16.1. The molecule has 16 heavy (non-hydrogen) atoms. The van der Waals surface area contributed by atoms with Crippen LogP contribution in [0.5, 0.6) is 0 Å². The van der Waals surface area contributed by atoms with Gasteiger partial charge in [0.2, 0.25) is 5.91 Å². The van der Waals surface area contributed by atoms with Crippen LogP contribution in [0, 0.1) is 5.92 Å². The molecule has 94 valence electrons. The summed E-state index contributed by atoms with van der Waals surface area (Å²) in [6.45, 7) is 3.24. The van der Waals surface area contributed by atoms with E-state index in [9.17, 15) is 4.79 Å². The average molecular weight is 226 g/mol. The first-order valence-corrected chi connectivity index (χ1v) is 6.56. The largest absolute Gasteiger partial charge is 0.353 e. The number of nitrogens with zero attached hydrogens (tertiary/aromatic N) is 1. The third-order valence-electron chi connectivity index (χ3n) is 3.31. The van der Waals surface area contributed by atoms with Crippen molar-refractivity contribution in [1.29, 1.82) is 0 Å². The molecule has 3 nitrogen and oxygen atoms in total. The molecule has 1 aliphatic carbocycles. The molecular formula is C13H26N2O. The van der Waals surface area contributed by atoms with Gasteiger partial charge in [0.1, 0.15) is 0 Å². The van der Waals surface area contributed by atoms with Gasteiger partial charge in [0.15, 0.2) is 0 Å². The van der Waals surface area contributed by atoms with Gasteiger partial charge in [-0.2, -0.15) is 0 Å². The Hall–Kier alpha value is -0.570. The second kappa shape index (κ2) is 6.89. The van der Waals surface area contributed by atoms with Gasteiger partial charge in [0, 0.05) is 19.0 Å². The van der Waals surface area contributed by atoms with Crippen molar-refractivity contribution in [3.05, 3.63) is 0 Å². The van der Waals surface area contributed by atoms with Crippen molar-refractivity contribution in [2.45, 2.75) is 51.5 Å². The molecule has 1 fully saturated rings. The minimum absolute atomic E-state index is 0.235. The maximum Gasteiger partial charge on any atom is 0.220 e. The Morgan fingerprint density at radius 3 is 2.38 bits per heavy atom. The van der Waals surface area contributed by atoms with Gasteiger partial charge in [-0.15, -0.1) is 0 Å². The summed E-state index contributed by atoms with van der Waals surface area (Å²) in [5.41, 5.74) is 0. The minimum Gasteiger partial charge on any atom is -0.353 e. The molecular weight excluding hydrogens is 200 g/mol. The van der Waals surface area contributed by atoms with Gasteiger partial charge >= 0.3 is 0 Å². The Morgan fingerprint density at radius 2 is 1.88 bits per heavy atom. The summed E-state index contributed by atoms with van der Waals surface area (Å²) < 4.78 is 0. The molecule has 1 aliphatic rings. The Morgan fingerprint density at radius 1 is 1.25 bits per heavy atom. The predicted molar refractivity (Wildman–Crippen MR) is 67.4 cm³/mol. The third kappa shape index (κ3) is 4.97. The van der Waals surface area contributed by atoms with Crippen molar-refractivity contribution in [3.63, 3.8) is 0 Å². The van der Waals surface area contributed by atoms with Crippen LogP contribution in [0.25, 0.3) is 0 Å². The van der Waals surface area contributed by atoms with Crippen LogP contribution in [0.15, 0.2) is 0 Å². The quantitative estimate of drug-likeness (QED) is 0.778. The Labute approximate surface area is 99.6 Å². The molecule has 0 heterocycles. The maximum absolute atomic E-state index is 11.5. The molecule has 3 heteroatoms. The van der Waals surface area contributed by atoms with E-state index in [0.29, 0.717) is 12.5 Å². The number of rotatable bonds is 5. The van der Waals surface area contributed by atoms with Gasteiger partial charge in [0.05, 0.1) is 0 Å². The molecule has 0 aromatic rings. The zero-order valence-electron chi connectivity index (χ0n) is 11.0. The van der Waals surface area contributed by atoms with E-state index in [2.05, 4.69) is 24.3 Å². The van der Waals surface area contributed by atoms with Gasteiger partial charge in [-0.25, -0.2) is 0 Å². The number of hydrogen-bond acceptors (Lipinski definition) is 2. The van der Waals surface area contributed by atoms with Crippen molar-refractivity contribution in [2.75, 3.05) is 20.6 Å². The molecule has 0 unspecified atom stereocenters. The minimum atomic E-state index is 0.235. The molecule has 0 radical (unpaired) electrons. The van der Waals surface area contributed by atoms with Crippen LogP contribution in [0.3, 0.4) is 0 Å². The highest BCUT2D eigenvalue weighted by molar-refractivity contribution is 5.76. The van der Waals surface area contributed by atoms with E-state index in [1.165, 1.54) is 19.4 Å². The van der Waals surface area contributed by atoms with E-state index in [4.69, 9.17) is 0 Å². The van der Waals surface area contributed by atoms with Gasteiger partial charge in [-0.3, -0.25) is 4.79 Å². The summed E-state index contributed by atoms with van der Waals surface area (Å²) in [6, 6.07) is 0.442. The van der Waals surface area contributed by atoms with Crippen LogP contribution < -0.4 is 5.32 Å². The Balaban J connectivity index is 2.19. The van der Waals surface area contributed by atoms with Crippen molar-refractivity contribution >= 4 is 5.91 Å². The molecule has 1 amide bonds. The van der Waals surface area contributed by atoms with Gasteiger partial charge in [0.25, 0.3) is 0 Å². The summed E-state index contributed by atoms with van der Waals surface area (Å²) in [7, 11) is 4.27. The van der Waals surface area contributed by atoms with E-state index < -0.39 is 0 Å². The van der Waals surface area contributed by atoms with Crippen molar-refractivity contribution in [1.82, 2.24) is 10.2 Å². The molecule has 0 atom stereocenters. The van der Waals surface area contributed by atoms with Crippen molar-refractivity contribution in [3.8, 4) is 0 Å². The van der Waals surface area contributed by atoms with Gasteiger partial charge in [-0.1, -0.05) is 6.92 Å². The molecule has 1 rings (SSSR count). The van der Waals surface area contributed by atoms with E-state index in [1.807, 2.05) is 6.92 Å². The Bertz CT molecular complexity index is 208. The van der Waals surface area contributed by atoms with E-state index in [0.717, 1.165) is 25.2 Å². The number of amides is 1. The third-order valence-corrected chi connectivity index (χ3v) is 3.31. The normalized spacial score (nSPS) is 25.8. The molecule has 0 saturated heterocycles. The lowest BCUT2D eigenvalue weighted by Gasteiger charge is -2.30. The van der Waals surface area contributed by atoms with E-state index >= 15 is 0 Å². The lowest BCUT2D eigenvalue weighted by Crippen LogP contribution is -2.38. The topological polar surface area (TPSA) is 32.3 Å². The first-order valence-electron chi connectivity index (χ1n) is 6.56. The zero-order chi connectivity index (χ0) is 12.0. The lowest BCUT2D eigenvalue weighted by atomic mass is 9.85. The fourth-order valence-corrected chi connectivity index (χ4v) is 2.53. The first-order chi connectivity index (χ1) is 7.61. The van der Waals surface area contributed by atoms with E-state index in [-0.39, 0.29) is 5.91 Å². The molecule has 0 aromatic heterocycles. The highest BCUT2D eigenvalue weighted by Gasteiger charge is 2.22. The Kier molecular flexibility index (Phi) is 5.81. The summed E-state index contributed by atoms with van der Waals surface area (Å²) in [4.78, 5) is 13.7. The number of hydrogen-bond donors (Lipinski definition) is 1. The van der Waals surface area contributed by atoms with Crippen LogP contribution >= 0.6 is 0 Å². The van der Waals surface area contributed by atoms with Crippen LogP contribution in [0.4, 0.5) is 0 Å². The SMILES string of the molecule is CCCC(=O)NC1CCC(CN(C)C)CC1. The first kappa shape index (κ1) is 13.5. The number of nitrogens with one attached hydrogen (secondary N) is 1. The molecule has 0 aromatic carbocycles. The highest BCUT2D eigenvalue weighted by Crippen LogP contribution is 2.24. The zero-order valence-corrected chi connectivity index (χ0v) is 11.0. The number of carbonyl (C=O) groups is 1. The van der Waals surface area contributed by atoms with Crippen LogP contribution in [0.2, 0.25) is 0 Å². The molecule has 0 spiro atoms. The maximum atomic E-state index is 11.5. The second-order valence-corrected chi connectivity index (χ2v) is 5.30. The lowest BCUT2D eigenvalue weighted by molar-refractivity contribution is -0.122. The number of carbonyl (C=O) groups excluding carboxylic acids is 1. The summed E-state index contributed by atoms with van der Waals surface area (Å²) in [5, 5.41) is 3.14. The monoisotopic (exact) mass is 226 g/mol. The average Bonchev–Trinajstić information content (AvgIpc) is 2.20. The fourth-order valence-electron chi connectivity index (χ4n) is 2.53. The summed E-state index contributed by atoms with van der Waals surface area (Å²) in [6.07, 6.45) is 6.46. The van der Waals surface area contributed by atoms with E-state index in [1.54, 1.807) is 0 Å². The van der Waals surface area contributed by atoms with Crippen LogP contribution in [-0.2, 0) is 4.79 Å². The van der Waals surface area contributed by atoms with Crippen molar-refractivity contribution in [2.24, 2.45) is 5.92 Å². The molecule has 0 bridgehead atoms.